The molecule has 2 aromatic heterocycles. The smallest absolute Gasteiger partial charge is 0.0386 e. The van der Waals surface area contributed by atoms with Crippen molar-refractivity contribution in [3.63, 3.8) is 0 Å². The standard InChI is InChI=1S/C17H19NS2/c1-3-9-18-12(2)15-6-7-17(20-15)13-4-5-16-14(11-13)8-10-19-16/h4-8,10-12,18H,3,9H2,1-2H3. The molecule has 104 valence electrons. The molecule has 1 nitrogen and oxygen atoms in total. The van der Waals surface area contributed by atoms with Crippen LogP contribution in [0.3, 0.4) is 0 Å². The Labute approximate surface area is 128 Å². The Balaban J connectivity index is 1.85. The third-order valence-corrected chi connectivity index (χ3v) is 5.71. The van der Waals surface area contributed by atoms with Gasteiger partial charge in [-0.25, -0.2) is 0 Å². The van der Waals surface area contributed by atoms with Crippen LogP contribution in [0.25, 0.3) is 20.5 Å². The van der Waals surface area contributed by atoms with Gasteiger partial charge in [0.15, 0.2) is 0 Å². The predicted molar refractivity (Wildman–Crippen MR) is 91.8 cm³/mol. The lowest BCUT2D eigenvalue weighted by atomic mass is 10.1. The highest BCUT2D eigenvalue weighted by atomic mass is 32.1. The van der Waals surface area contributed by atoms with E-state index in [0.717, 1.165) is 6.54 Å². The number of nitrogens with one attached hydrogen (secondary N) is 1. The number of thiophene rings is 2. The van der Waals surface area contributed by atoms with Crippen molar-refractivity contribution in [2.75, 3.05) is 6.54 Å². The van der Waals surface area contributed by atoms with Crippen LogP contribution >= 0.6 is 22.7 Å². The molecule has 0 aliphatic rings. The van der Waals surface area contributed by atoms with Crippen molar-refractivity contribution in [2.24, 2.45) is 0 Å². The van der Waals surface area contributed by atoms with Crippen LogP contribution in [0.2, 0.25) is 0 Å². The van der Waals surface area contributed by atoms with Crippen LogP contribution in [-0.4, -0.2) is 6.54 Å². The summed E-state index contributed by atoms with van der Waals surface area (Å²) in [5, 5.41) is 7.06. The number of hydrogen-bond acceptors (Lipinski definition) is 3. The van der Waals surface area contributed by atoms with Crippen molar-refractivity contribution in [1.82, 2.24) is 5.32 Å². The second-order valence-electron chi connectivity index (χ2n) is 5.05. The summed E-state index contributed by atoms with van der Waals surface area (Å²) in [4.78, 5) is 2.78. The molecule has 0 fully saturated rings. The zero-order valence-electron chi connectivity index (χ0n) is 11.8. The quantitative estimate of drug-likeness (QED) is 0.638. The minimum Gasteiger partial charge on any atom is -0.309 e. The Bertz CT molecular complexity index is 696. The van der Waals surface area contributed by atoms with Gasteiger partial charge in [-0.05, 0) is 66.6 Å². The Morgan fingerprint density at radius 2 is 2.05 bits per heavy atom. The number of hydrogen-bond donors (Lipinski definition) is 1. The van der Waals surface area contributed by atoms with Gasteiger partial charge in [0.05, 0.1) is 0 Å². The van der Waals surface area contributed by atoms with Crippen molar-refractivity contribution >= 4 is 32.8 Å². The molecule has 0 amide bonds. The normalized spacial score (nSPS) is 12.9. The van der Waals surface area contributed by atoms with Gasteiger partial charge in [0, 0.05) is 20.5 Å². The zero-order chi connectivity index (χ0) is 13.9. The highest BCUT2D eigenvalue weighted by molar-refractivity contribution is 7.17. The Kier molecular flexibility index (Phi) is 4.20. The SMILES string of the molecule is CCCNC(C)c1ccc(-c2ccc3sccc3c2)s1. The van der Waals surface area contributed by atoms with E-state index in [1.807, 2.05) is 11.3 Å². The van der Waals surface area contributed by atoms with Crippen molar-refractivity contribution < 1.29 is 0 Å². The molecule has 1 unspecified atom stereocenters. The van der Waals surface area contributed by atoms with E-state index in [-0.39, 0.29) is 0 Å². The summed E-state index contributed by atoms with van der Waals surface area (Å²) >= 11 is 3.70. The van der Waals surface area contributed by atoms with Gasteiger partial charge in [-0.1, -0.05) is 13.0 Å². The minimum absolute atomic E-state index is 0.443. The lowest BCUT2D eigenvalue weighted by Crippen LogP contribution is -2.18. The molecule has 3 rings (SSSR count). The summed E-state index contributed by atoms with van der Waals surface area (Å²) in [5.41, 5.74) is 1.33. The maximum Gasteiger partial charge on any atom is 0.0386 e. The second kappa shape index (κ2) is 6.08. The van der Waals surface area contributed by atoms with Crippen molar-refractivity contribution in [3.05, 3.63) is 46.7 Å². The van der Waals surface area contributed by atoms with Crippen LogP contribution in [0.15, 0.2) is 41.8 Å². The number of fused-ring (bicyclic) bond motifs is 1. The number of benzene rings is 1. The highest BCUT2D eigenvalue weighted by Crippen LogP contribution is 2.34. The van der Waals surface area contributed by atoms with Crippen LogP contribution < -0.4 is 5.32 Å². The average molecular weight is 301 g/mol. The van der Waals surface area contributed by atoms with E-state index in [9.17, 15) is 0 Å². The van der Waals surface area contributed by atoms with Crippen LogP contribution in [0.5, 0.6) is 0 Å². The van der Waals surface area contributed by atoms with Crippen LogP contribution in [-0.2, 0) is 0 Å². The van der Waals surface area contributed by atoms with E-state index in [1.54, 1.807) is 11.3 Å². The second-order valence-corrected chi connectivity index (χ2v) is 7.11. The van der Waals surface area contributed by atoms with Gasteiger partial charge in [-0.2, -0.15) is 0 Å². The van der Waals surface area contributed by atoms with Gasteiger partial charge in [0.2, 0.25) is 0 Å². The third kappa shape index (κ3) is 2.80. The highest BCUT2D eigenvalue weighted by Gasteiger charge is 2.09. The van der Waals surface area contributed by atoms with Gasteiger partial charge in [-0.3, -0.25) is 0 Å². The first-order chi connectivity index (χ1) is 9.78. The molecule has 0 aliphatic carbocycles. The summed E-state index contributed by atoms with van der Waals surface area (Å²) in [6.07, 6.45) is 1.18. The molecule has 0 aliphatic heterocycles. The lowest BCUT2D eigenvalue weighted by molar-refractivity contribution is 0.578. The average Bonchev–Trinajstić information content (AvgIpc) is 3.12. The fourth-order valence-electron chi connectivity index (χ4n) is 2.32. The molecule has 0 spiro atoms. The van der Waals surface area contributed by atoms with Gasteiger partial charge >= 0.3 is 0 Å². The lowest BCUT2D eigenvalue weighted by Gasteiger charge is -2.10. The summed E-state index contributed by atoms with van der Waals surface area (Å²) in [5.74, 6) is 0. The van der Waals surface area contributed by atoms with Gasteiger partial charge < -0.3 is 5.32 Å². The molecule has 3 aromatic rings. The first-order valence-corrected chi connectivity index (χ1v) is 8.78. The van der Waals surface area contributed by atoms with Crippen LogP contribution in [0.1, 0.15) is 31.2 Å². The molecule has 1 N–H and O–H groups in total. The summed E-state index contributed by atoms with van der Waals surface area (Å²) in [6, 6.07) is 13.9. The molecular formula is C17H19NS2. The predicted octanol–water partition coefficient (Wildman–Crippen LogP) is 5.69. The van der Waals surface area contributed by atoms with E-state index < -0.39 is 0 Å². The van der Waals surface area contributed by atoms with Crippen molar-refractivity contribution in [3.8, 4) is 10.4 Å². The Morgan fingerprint density at radius 1 is 1.15 bits per heavy atom. The fourth-order valence-corrected chi connectivity index (χ4v) is 4.12. The van der Waals surface area contributed by atoms with E-state index in [4.69, 9.17) is 0 Å². The fraction of sp³-hybridized carbons (Fsp3) is 0.294. The molecule has 2 heterocycles. The molecular weight excluding hydrogens is 282 g/mol. The molecule has 0 saturated carbocycles. The monoisotopic (exact) mass is 301 g/mol. The molecule has 0 radical (unpaired) electrons. The molecule has 0 bridgehead atoms. The van der Waals surface area contributed by atoms with E-state index in [2.05, 4.69) is 60.9 Å². The molecule has 1 atom stereocenters. The number of rotatable bonds is 5. The largest absolute Gasteiger partial charge is 0.309 e. The van der Waals surface area contributed by atoms with E-state index in [1.165, 1.54) is 31.8 Å². The molecule has 1 aromatic carbocycles. The molecule has 20 heavy (non-hydrogen) atoms. The maximum atomic E-state index is 3.55. The van der Waals surface area contributed by atoms with Gasteiger partial charge in [-0.15, -0.1) is 22.7 Å². The van der Waals surface area contributed by atoms with Gasteiger partial charge in [0.1, 0.15) is 0 Å². The van der Waals surface area contributed by atoms with E-state index in [0.29, 0.717) is 6.04 Å². The maximum absolute atomic E-state index is 3.55. The summed E-state index contributed by atoms with van der Waals surface area (Å²) in [6.45, 7) is 5.53. The first kappa shape index (κ1) is 13.8. The van der Waals surface area contributed by atoms with E-state index >= 15 is 0 Å². The summed E-state index contributed by atoms with van der Waals surface area (Å²) < 4.78 is 1.36. The minimum atomic E-state index is 0.443. The molecule has 0 saturated heterocycles. The summed E-state index contributed by atoms with van der Waals surface area (Å²) in [7, 11) is 0. The zero-order valence-corrected chi connectivity index (χ0v) is 13.5. The third-order valence-electron chi connectivity index (χ3n) is 3.49. The molecule has 3 heteroatoms. The first-order valence-electron chi connectivity index (χ1n) is 7.08. The Hall–Kier alpha value is -1.16. The Morgan fingerprint density at radius 3 is 2.90 bits per heavy atom. The van der Waals surface area contributed by atoms with Crippen LogP contribution in [0, 0.1) is 0 Å². The topological polar surface area (TPSA) is 12.0 Å². The van der Waals surface area contributed by atoms with Crippen molar-refractivity contribution in [2.45, 2.75) is 26.3 Å². The van der Waals surface area contributed by atoms with Gasteiger partial charge in [0.25, 0.3) is 0 Å². The van der Waals surface area contributed by atoms with Crippen molar-refractivity contribution in [1.29, 1.82) is 0 Å². The van der Waals surface area contributed by atoms with Crippen LogP contribution in [0.4, 0.5) is 0 Å².